The summed E-state index contributed by atoms with van der Waals surface area (Å²) in [6.07, 6.45) is 3.49. The van der Waals surface area contributed by atoms with E-state index in [-0.39, 0.29) is 12.1 Å². The zero-order valence-electron chi connectivity index (χ0n) is 13.6. The van der Waals surface area contributed by atoms with E-state index < -0.39 is 5.60 Å². The highest BCUT2D eigenvalue weighted by Gasteiger charge is 2.34. The summed E-state index contributed by atoms with van der Waals surface area (Å²) in [5.74, 6) is 0.915. The average molecular weight is 291 g/mol. The molecule has 1 aliphatic heterocycles. The molecule has 1 aromatic rings. The Kier molecular flexibility index (Phi) is 4.40. The normalized spacial score (nSPS) is 18.7. The van der Waals surface area contributed by atoms with Crippen LogP contribution in [0.5, 0.6) is 0 Å². The second kappa shape index (κ2) is 5.92. The van der Waals surface area contributed by atoms with Crippen LogP contribution in [-0.2, 0) is 4.74 Å². The minimum Gasteiger partial charge on any atom is -0.444 e. The first-order chi connectivity index (χ1) is 9.79. The van der Waals surface area contributed by atoms with Crippen molar-refractivity contribution in [2.45, 2.75) is 45.3 Å². The fraction of sp³-hybridized carbons (Fsp3) is 0.625. The zero-order valence-corrected chi connectivity index (χ0v) is 13.6. The van der Waals surface area contributed by atoms with Gasteiger partial charge in [0.2, 0.25) is 0 Å². The lowest BCUT2D eigenvalue weighted by atomic mass is 10.1. The third kappa shape index (κ3) is 3.65. The van der Waals surface area contributed by atoms with Crippen LogP contribution >= 0.6 is 0 Å². The third-order valence-corrected chi connectivity index (χ3v) is 3.48. The molecule has 1 saturated heterocycles. The first-order valence-corrected chi connectivity index (χ1v) is 7.41. The molecule has 1 amide bonds. The Morgan fingerprint density at radius 2 is 2.14 bits per heavy atom. The van der Waals surface area contributed by atoms with Gasteiger partial charge in [0.1, 0.15) is 11.4 Å². The molecule has 2 rings (SSSR count). The Labute approximate surface area is 126 Å². The van der Waals surface area contributed by atoms with Gasteiger partial charge in [-0.15, -0.1) is 0 Å². The van der Waals surface area contributed by atoms with Crippen molar-refractivity contribution in [2.75, 3.05) is 25.5 Å². The molecule has 0 aliphatic carbocycles. The molecule has 0 spiro atoms. The van der Waals surface area contributed by atoms with E-state index in [1.54, 1.807) is 6.20 Å². The van der Waals surface area contributed by atoms with E-state index in [9.17, 15) is 4.79 Å². The van der Waals surface area contributed by atoms with E-state index in [0.29, 0.717) is 0 Å². The lowest BCUT2D eigenvalue weighted by Crippen LogP contribution is -2.36. The lowest BCUT2D eigenvalue weighted by molar-refractivity contribution is 0.0224. The fourth-order valence-corrected chi connectivity index (χ4v) is 2.67. The van der Waals surface area contributed by atoms with Gasteiger partial charge in [0.05, 0.1) is 6.04 Å². The van der Waals surface area contributed by atoms with Gasteiger partial charge < -0.3 is 14.5 Å². The molecule has 21 heavy (non-hydrogen) atoms. The van der Waals surface area contributed by atoms with Crippen LogP contribution in [0.3, 0.4) is 0 Å². The number of carbonyl (C=O) groups is 1. The average Bonchev–Trinajstić information content (AvgIpc) is 2.85. The maximum atomic E-state index is 12.4. The summed E-state index contributed by atoms with van der Waals surface area (Å²) in [4.78, 5) is 20.6. The summed E-state index contributed by atoms with van der Waals surface area (Å²) in [6.45, 7) is 6.42. The molecule has 0 radical (unpaired) electrons. The lowest BCUT2D eigenvalue weighted by Gasteiger charge is -2.30. The van der Waals surface area contributed by atoms with Crippen LogP contribution in [0.2, 0.25) is 0 Å². The number of rotatable bonds is 2. The number of pyridine rings is 1. The molecule has 5 heteroatoms. The number of amides is 1. The van der Waals surface area contributed by atoms with Gasteiger partial charge in [-0.25, -0.2) is 9.78 Å². The van der Waals surface area contributed by atoms with E-state index in [1.165, 1.54) is 0 Å². The third-order valence-electron chi connectivity index (χ3n) is 3.48. The summed E-state index contributed by atoms with van der Waals surface area (Å²) in [5, 5.41) is 0. The summed E-state index contributed by atoms with van der Waals surface area (Å²) in [6, 6.07) is 4.02. The van der Waals surface area contributed by atoms with Crippen LogP contribution in [0.1, 0.15) is 45.2 Å². The highest BCUT2D eigenvalue weighted by molar-refractivity contribution is 5.70. The summed E-state index contributed by atoms with van der Waals surface area (Å²) < 4.78 is 5.53. The zero-order chi connectivity index (χ0) is 15.6. The molecule has 1 atom stereocenters. The predicted octanol–water partition coefficient (Wildman–Crippen LogP) is 3.22. The highest BCUT2D eigenvalue weighted by Crippen LogP contribution is 2.36. The number of aromatic nitrogens is 1. The number of ether oxygens (including phenoxy) is 1. The first kappa shape index (κ1) is 15.6. The standard InChI is InChI=1S/C16H25N3O2/c1-16(2,3)21-15(20)19-11-7-9-13(19)12-8-6-10-17-14(12)18(4)5/h6,8,10,13H,7,9,11H2,1-5H3/t13-/m0/s1. The van der Waals surface area contributed by atoms with Crippen molar-refractivity contribution < 1.29 is 9.53 Å². The Morgan fingerprint density at radius 1 is 1.43 bits per heavy atom. The Morgan fingerprint density at radius 3 is 2.76 bits per heavy atom. The molecule has 0 aromatic carbocycles. The van der Waals surface area contributed by atoms with Crippen molar-refractivity contribution in [1.82, 2.24) is 9.88 Å². The Bertz CT molecular complexity index is 508. The predicted molar refractivity (Wildman–Crippen MR) is 83.5 cm³/mol. The summed E-state index contributed by atoms with van der Waals surface area (Å²) in [7, 11) is 3.94. The Hall–Kier alpha value is -1.78. The molecule has 1 fully saturated rings. The molecule has 1 aromatic heterocycles. The van der Waals surface area contributed by atoms with Crippen LogP contribution in [0, 0.1) is 0 Å². The molecule has 0 unspecified atom stereocenters. The van der Waals surface area contributed by atoms with Crippen molar-refractivity contribution in [1.29, 1.82) is 0 Å². The number of likely N-dealkylation sites (tertiary alicyclic amines) is 1. The van der Waals surface area contributed by atoms with Gasteiger partial charge in [-0.05, 0) is 39.7 Å². The van der Waals surface area contributed by atoms with Crippen LogP contribution in [0.15, 0.2) is 18.3 Å². The maximum absolute atomic E-state index is 12.4. The van der Waals surface area contributed by atoms with E-state index in [4.69, 9.17) is 4.74 Å². The summed E-state index contributed by atoms with van der Waals surface area (Å²) in [5.41, 5.74) is 0.620. The number of anilines is 1. The second-order valence-electron chi connectivity index (χ2n) is 6.64. The second-order valence-corrected chi connectivity index (χ2v) is 6.64. The first-order valence-electron chi connectivity index (χ1n) is 7.41. The smallest absolute Gasteiger partial charge is 0.410 e. The van der Waals surface area contributed by atoms with Gasteiger partial charge >= 0.3 is 6.09 Å². The number of hydrogen-bond acceptors (Lipinski definition) is 4. The fourth-order valence-electron chi connectivity index (χ4n) is 2.67. The molecule has 0 saturated carbocycles. The number of nitrogens with zero attached hydrogens (tertiary/aromatic N) is 3. The molecule has 1 aliphatic rings. The van der Waals surface area contributed by atoms with Crippen molar-refractivity contribution in [3.63, 3.8) is 0 Å². The quantitative estimate of drug-likeness (QED) is 0.839. The minimum absolute atomic E-state index is 0.0472. The molecule has 0 N–H and O–H groups in total. The molecule has 2 heterocycles. The van der Waals surface area contributed by atoms with Crippen molar-refractivity contribution in [3.05, 3.63) is 23.9 Å². The van der Waals surface area contributed by atoms with E-state index in [0.717, 1.165) is 30.8 Å². The van der Waals surface area contributed by atoms with Gasteiger partial charge in [-0.3, -0.25) is 0 Å². The number of hydrogen-bond donors (Lipinski definition) is 0. The van der Waals surface area contributed by atoms with Crippen LogP contribution in [0.4, 0.5) is 10.6 Å². The van der Waals surface area contributed by atoms with Crippen molar-refractivity contribution in [2.24, 2.45) is 0 Å². The van der Waals surface area contributed by atoms with Crippen molar-refractivity contribution >= 4 is 11.9 Å². The van der Waals surface area contributed by atoms with E-state index in [1.807, 2.05) is 50.7 Å². The van der Waals surface area contributed by atoms with Crippen molar-refractivity contribution in [3.8, 4) is 0 Å². The van der Waals surface area contributed by atoms with E-state index in [2.05, 4.69) is 11.1 Å². The SMILES string of the molecule is CN(C)c1ncccc1[C@@H]1CCCN1C(=O)OC(C)(C)C. The van der Waals surface area contributed by atoms with Gasteiger partial charge in [-0.2, -0.15) is 0 Å². The number of carbonyl (C=O) groups excluding carboxylic acids is 1. The van der Waals surface area contributed by atoms with E-state index >= 15 is 0 Å². The molecular weight excluding hydrogens is 266 g/mol. The monoisotopic (exact) mass is 291 g/mol. The molecular formula is C16H25N3O2. The van der Waals surface area contributed by atoms with Crippen LogP contribution < -0.4 is 4.90 Å². The Balaban J connectivity index is 2.25. The van der Waals surface area contributed by atoms with Gasteiger partial charge in [0.25, 0.3) is 0 Å². The van der Waals surface area contributed by atoms with Crippen LogP contribution in [-0.4, -0.2) is 42.2 Å². The van der Waals surface area contributed by atoms with Gasteiger partial charge in [0.15, 0.2) is 0 Å². The summed E-state index contributed by atoms with van der Waals surface area (Å²) >= 11 is 0. The highest BCUT2D eigenvalue weighted by atomic mass is 16.6. The maximum Gasteiger partial charge on any atom is 0.410 e. The minimum atomic E-state index is -0.469. The molecule has 0 bridgehead atoms. The molecule has 116 valence electrons. The van der Waals surface area contributed by atoms with Gasteiger partial charge in [-0.1, -0.05) is 6.07 Å². The largest absolute Gasteiger partial charge is 0.444 e. The topological polar surface area (TPSA) is 45.7 Å². The molecule has 5 nitrogen and oxygen atoms in total. The van der Waals surface area contributed by atoms with Crippen LogP contribution in [0.25, 0.3) is 0 Å². The van der Waals surface area contributed by atoms with Gasteiger partial charge in [0, 0.05) is 32.4 Å².